The van der Waals surface area contributed by atoms with E-state index in [9.17, 15) is 0 Å². The van der Waals surface area contributed by atoms with E-state index in [1.807, 2.05) is 7.05 Å². The molecule has 0 aliphatic rings. The minimum absolute atomic E-state index is 0.313. The highest BCUT2D eigenvalue weighted by atomic mass is 16.3. The predicted octanol–water partition coefficient (Wildman–Crippen LogP) is 3.96. The van der Waals surface area contributed by atoms with Crippen molar-refractivity contribution in [2.45, 2.75) is 39.7 Å². The summed E-state index contributed by atoms with van der Waals surface area (Å²) in [6.07, 6.45) is 3.73. The lowest BCUT2D eigenvalue weighted by Gasteiger charge is -2.19. The van der Waals surface area contributed by atoms with Crippen LogP contribution >= 0.6 is 0 Å². The Morgan fingerprint density at radius 2 is 1.84 bits per heavy atom. The average molecular weight is 257 g/mol. The van der Waals surface area contributed by atoms with E-state index in [1.165, 1.54) is 22.3 Å². The number of aryl methyl sites for hydroxylation is 3. The molecule has 0 aliphatic carbocycles. The SMILES string of the molecule is CCc1occc1C(Cc1c(C)cccc1C)NC. The number of hydrogen-bond acceptors (Lipinski definition) is 2. The first kappa shape index (κ1) is 13.9. The second kappa shape index (κ2) is 6.07. The maximum Gasteiger partial charge on any atom is 0.108 e. The van der Waals surface area contributed by atoms with Gasteiger partial charge in [-0.3, -0.25) is 0 Å². The first-order valence-corrected chi connectivity index (χ1v) is 6.96. The fourth-order valence-electron chi connectivity index (χ4n) is 2.69. The van der Waals surface area contributed by atoms with E-state index in [0.29, 0.717) is 6.04 Å². The topological polar surface area (TPSA) is 25.2 Å². The fourth-order valence-corrected chi connectivity index (χ4v) is 2.69. The van der Waals surface area contributed by atoms with Crippen LogP contribution in [0.5, 0.6) is 0 Å². The van der Waals surface area contributed by atoms with Crippen molar-refractivity contribution in [3.8, 4) is 0 Å². The van der Waals surface area contributed by atoms with E-state index in [0.717, 1.165) is 18.6 Å². The molecule has 0 aliphatic heterocycles. The van der Waals surface area contributed by atoms with Crippen LogP contribution in [0.15, 0.2) is 34.9 Å². The average Bonchev–Trinajstić information content (AvgIpc) is 2.87. The normalized spacial score (nSPS) is 12.6. The highest BCUT2D eigenvalue weighted by Crippen LogP contribution is 2.26. The summed E-state index contributed by atoms with van der Waals surface area (Å²) >= 11 is 0. The lowest BCUT2D eigenvalue weighted by Crippen LogP contribution is -2.20. The molecule has 1 unspecified atom stereocenters. The second-order valence-corrected chi connectivity index (χ2v) is 5.07. The van der Waals surface area contributed by atoms with E-state index >= 15 is 0 Å². The molecule has 0 radical (unpaired) electrons. The van der Waals surface area contributed by atoms with Gasteiger partial charge in [0.15, 0.2) is 0 Å². The molecule has 1 heterocycles. The monoisotopic (exact) mass is 257 g/mol. The van der Waals surface area contributed by atoms with Gasteiger partial charge in [-0.2, -0.15) is 0 Å². The van der Waals surface area contributed by atoms with Crippen LogP contribution in [0.4, 0.5) is 0 Å². The molecule has 0 spiro atoms. The third-order valence-electron chi connectivity index (χ3n) is 3.88. The van der Waals surface area contributed by atoms with Crippen LogP contribution in [-0.4, -0.2) is 7.05 Å². The summed E-state index contributed by atoms with van der Waals surface area (Å²) in [7, 11) is 2.02. The van der Waals surface area contributed by atoms with Crippen LogP contribution in [0.2, 0.25) is 0 Å². The van der Waals surface area contributed by atoms with Crippen LogP contribution in [0.25, 0.3) is 0 Å². The van der Waals surface area contributed by atoms with Crippen LogP contribution < -0.4 is 5.32 Å². The summed E-state index contributed by atoms with van der Waals surface area (Å²) < 4.78 is 5.55. The molecule has 102 valence electrons. The highest BCUT2D eigenvalue weighted by Gasteiger charge is 2.17. The van der Waals surface area contributed by atoms with Gasteiger partial charge < -0.3 is 9.73 Å². The van der Waals surface area contributed by atoms with Crippen molar-refractivity contribution < 1.29 is 4.42 Å². The van der Waals surface area contributed by atoms with Gasteiger partial charge >= 0.3 is 0 Å². The summed E-state index contributed by atoms with van der Waals surface area (Å²) in [5, 5.41) is 3.42. The number of benzene rings is 1. The number of nitrogens with one attached hydrogen (secondary N) is 1. The maximum absolute atomic E-state index is 5.55. The summed E-state index contributed by atoms with van der Waals surface area (Å²) in [4.78, 5) is 0. The molecule has 2 rings (SSSR count). The third kappa shape index (κ3) is 2.90. The van der Waals surface area contributed by atoms with Crippen molar-refractivity contribution in [2.24, 2.45) is 0 Å². The van der Waals surface area contributed by atoms with Crippen molar-refractivity contribution in [3.05, 3.63) is 58.5 Å². The molecular weight excluding hydrogens is 234 g/mol. The summed E-state index contributed by atoms with van der Waals surface area (Å²) in [6, 6.07) is 8.90. The largest absolute Gasteiger partial charge is 0.469 e. The van der Waals surface area contributed by atoms with Crippen LogP contribution in [0, 0.1) is 13.8 Å². The number of furan rings is 1. The van der Waals surface area contributed by atoms with Gasteiger partial charge in [0.25, 0.3) is 0 Å². The van der Waals surface area contributed by atoms with Gasteiger partial charge in [0, 0.05) is 18.0 Å². The molecule has 2 aromatic rings. The first-order chi connectivity index (χ1) is 9.17. The first-order valence-electron chi connectivity index (χ1n) is 6.96. The van der Waals surface area contributed by atoms with E-state index in [1.54, 1.807) is 6.26 Å². The van der Waals surface area contributed by atoms with Crippen LogP contribution in [0.1, 0.15) is 41.0 Å². The Balaban J connectivity index is 2.29. The van der Waals surface area contributed by atoms with Crippen LogP contribution in [0.3, 0.4) is 0 Å². The van der Waals surface area contributed by atoms with Crippen molar-refractivity contribution in [2.75, 3.05) is 7.05 Å². The van der Waals surface area contributed by atoms with Crippen molar-refractivity contribution >= 4 is 0 Å². The molecule has 1 aromatic heterocycles. The zero-order valence-electron chi connectivity index (χ0n) is 12.3. The number of hydrogen-bond donors (Lipinski definition) is 1. The third-order valence-corrected chi connectivity index (χ3v) is 3.88. The van der Waals surface area contributed by atoms with Gasteiger partial charge in [-0.1, -0.05) is 25.1 Å². The molecule has 1 atom stereocenters. The Morgan fingerprint density at radius 3 is 2.42 bits per heavy atom. The van der Waals surface area contributed by atoms with Crippen molar-refractivity contribution in [3.63, 3.8) is 0 Å². The predicted molar refractivity (Wildman–Crippen MR) is 79.5 cm³/mol. The molecular formula is C17H23NO. The minimum atomic E-state index is 0.313. The van der Waals surface area contributed by atoms with E-state index in [4.69, 9.17) is 4.42 Å². The molecule has 1 aromatic carbocycles. The van der Waals surface area contributed by atoms with Gasteiger partial charge in [0.2, 0.25) is 0 Å². The van der Waals surface area contributed by atoms with E-state index in [2.05, 4.69) is 50.4 Å². The highest BCUT2D eigenvalue weighted by molar-refractivity contribution is 5.36. The van der Waals surface area contributed by atoms with Crippen molar-refractivity contribution in [1.29, 1.82) is 0 Å². The lowest BCUT2D eigenvalue weighted by molar-refractivity contribution is 0.495. The second-order valence-electron chi connectivity index (χ2n) is 5.07. The Bertz CT molecular complexity index is 522. The smallest absolute Gasteiger partial charge is 0.108 e. The Hall–Kier alpha value is -1.54. The zero-order valence-corrected chi connectivity index (χ0v) is 12.3. The van der Waals surface area contributed by atoms with Crippen LogP contribution in [-0.2, 0) is 12.8 Å². The molecule has 19 heavy (non-hydrogen) atoms. The van der Waals surface area contributed by atoms with Gasteiger partial charge in [0.1, 0.15) is 5.76 Å². The van der Waals surface area contributed by atoms with Gasteiger partial charge in [0.05, 0.1) is 6.26 Å². The molecule has 0 fully saturated rings. The number of likely N-dealkylation sites (N-methyl/N-ethyl adjacent to an activating group) is 1. The molecule has 0 amide bonds. The standard InChI is InChI=1S/C17H23NO/c1-5-17-14(9-10-19-17)16(18-4)11-15-12(2)7-6-8-13(15)3/h6-10,16,18H,5,11H2,1-4H3. The Kier molecular flexibility index (Phi) is 4.43. The van der Waals surface area contributed by atoms with E-state index in [-0.39, 0.29) is 0 Å². The molecule has 0 saturated heterocycles. The molecule has 0 saturated carbocycles. The van der Waals surface area contributed by atoms with Crippen molar-refractivity contribution in [1.82, 2.24) is 5.32 Å². The quantitative estimate of drug-likeness (QED) is 0.877. The van der Waals surface area contributed by atoms with Gasteiger partial charge in [-0.25, -0.2) is 0 Å². The molecule has 2 nitrogen and oxygen atoms in total. The molecule has 1 N–H and O–H groups in total. The Morgan fingerprint density at radius 1 is 1.16 bits per heavy atom. The number of rotatable bonds is 5. The van der Waals surface area contributed by atoms with E-state index < -0.39 is 0 Å². The zero-order chi connectivity index (χ0) is 13.8. The fraction of sp³-hybridized carbons (Fsp3) is 0.412. The van der Waals surface area contributed by atoms with Gasteiger partial charge in [-0.05, 0) is 50.1 Å². The summed E-state index contributed by atoms with van der Waals surface area (Å²) in [6.45, 7) is 6.50. The van der Waals surface area contributed by atoms with Gasteiger partial charge in [-0.15, -0.1) is 0 Å². The summed E-state index contributed by atoms with van der Waals surface area (Å²) in [5.41, 5.74) is 5.45. The lowest BCUT2D eigenvalue weighted by atomic mass is 9.93. The Labute approximate surface area is 115 Å². The minimum Gasteiger partial charge on any atom is -0.469 e. The summed E-state index contributed by atoms with van der Waals surface area (Å²) in [5.74, 6) is 1.09. The maximum atomic E-state index is 5.55. The molecule has 0 bridgehead atoms. The molecule has 2 heteroatoms.